The quantitative estimate of drug-likeness (QED) is 0.699. The van der Waals surface area contributed by atoms with Gasteiger partial charge in [0.2, 0.25) is 0 Å². The molecule has 0 amide bonds. The normalized spacial score (nSPS) is 11.8. The van der Waals surface area contributed by atoms with Crippen molar-refractivity contribution < 1.29 is 0 Å². The van der Waals surface area contributed by atoms with Crippen LogP contribution in [0.25, 0.3) is 11.1 Å². The first-order valence-corrected chi connectivity index (χ1v) is 4.51. The third-order valence-electron chi connectivity index (χ3n) is 1.70. The predicted molar refractivity (Wildman–Crippen MR) is 53.9 cm³/mol. The Bertz CT molecular complexity index is 323. The number of aromatic nitrogens is 2. The topological polar surface area (TPSA) is 25.8 Å². The second kappa shape index (κ2) is 3.63. The highest BCUT2D eigenvalue weighted by atomic mass is 32.1. The molecular formula is C9H12N2S. The number of rotatable bonds is 2. The van der Waals surface area contributed by atoms with Crippen LogP contribution < -0.4 is 0 Å². The first-order chi connectivity index (χ1) is 5.66. The van der Waals surface area contributed by atoms with Crippen molar-refractivity contribution in [2.24, 2.45) is 0 Å². The fourth-order valence-corrected chi connectivity index (χ4v) is 1.54. The van der Waals surface area contributed by atoms with E-state index < -0.39 is 0 Å². The van der Waals surface area contributed by atoms with Crippen LogP contribution in [0.3, 0.4) is 0 Å². The Hall–Kier alpha value is -0.960. The van der Waals surface area contributed by atoms with Gasteiger partial charge < -0.3 is 0 Å². The summed E-state index contributed by atoms with van der Waals surface area (Å²) >= 11 is 1.24. The van der Waals surface area contributed by atoms with Crippen LogP contribution in [-0.2, 0) is 0 Å². The van der Waals surface area contributed by atoms with Crippen LogP contribution in [0.2, 0.25) is 0 Å². The molecule has 0 saturated carbocycles. The molecule has 0 aliphatic carbocycles. The lowest BCUT2D eigenvalue weighted by Gasteiger charge is -1.97. The Balaban J connectivity index is 3.16. The molecule has 1 aromatic rings. The predicted octanol–water partition coefficient (Wildman–Crippen LogP) is 2.99. The maximum absolute atomic E-state index is 4.21. The van der Waals surface area contributed by atoms with Gasteiger partial charge in [0.15, 0.2) is 0 Å². The van der Waals surface area contributed by atoms with Crippen LogP contribution in [-0.4, -0.2) is 8.75 Å². The Kier molecular flexibility index (Phi) is 2.76. The Labute approximate surface area is 77.0 Å². The minimum Gasteiger partial charge on any atom is -0.173 e. The number of allylic oxidation sites excluding steroid dienone is 3. The van der Waals surface area contributed by atoms with Crippen LogP contribution in [0.15, 0.2) is 12.7 Å². The van der Waals surface area contributed by atoms with Crippen molar-refractivity contribution in [3.8, 4) is 0 Å². The van der Waals surface area contributed by atoms with E-state index in [-0.39, 0.29) is 0 Å². The van der Waals surface area contributed by atoms with Gasteiger partial charge in [-0.15, -0.1) is 0 Å². The molecule has 1 aromatic heterocycles. The van der Waals surface area contributed by atoms with Crippen molar-refractivity contribution in [3.05, 3.63) is 24.0 Å². The molecular weight excluding hydrogens is 168 g/mol. The molecule has 2 nitrogen and oxygen atoms in total. The minimum atomic E-state index is 0.926. The summed E-state index contributed by atoms with van der Waals surface area (Å²) in [5, 5.41) is 0. The van der Waals surface area contributed by atoms with Gasteiger partial charge in [0.1, 0.15) is 11.4 Å². The highest BCUT2D eigenvalue weighted by molar-refractivity contribution is 6.99. The monoisotopic (exact) mass is 180 g/mol. The first kappa shape index (κ1) is 9.13. The van der Waals surface area contributed by atoms with Crippen LogP contribution in [0.4, 0.5) is 0 Å². The lowest BCUT2D eigenvalue weighted by atomic mass is 10.1. The average molecular weight is 180 g/mol. The zero-order valence-electron chi connectivity index (χ0n) is 7.59. The smallest absolute Gasteiger partial charge is 0.107 e. The molecule has 0 fully saturated rings. The molecule has 0 aromatic carbocycles. The van der Waals surface area contributed by atoms with E-state index in [9.17, 15) is 0 Å². The largest absolute Gasteiger partial charge is 0.173 e. The van der Waals surface area contributed by atoms with E-state index in [1.165, 1.54) is 11.7 Å². The molecule has 12 heavy (non-hydrogen) atoms. The fraction of sp³-hybridized carbons (Fsp3) is 0.333. The van der Waals surface area contributed by atoms with Gasteiger partial charge >= 0.3 is 0 Å². The summed E-state index contributed by atoms with van der Waals surface area (Å²) in [4.78, 5) is 0. The van der Waals surface area contributed by atoms with Crippen LogP contribution >= 0.6 is 11.7 Å². The van der Waals surface area contributed by atoms with E-state index in [1.54, 1.807) is 0 Å². The van der Waals surface area contributed by atoms with Gasteiger partial charge in [-0.25, -0.2) is 0 Å². The molecule has 0 bridgehead atoms. The van der Waals surface area contributed by atoms with Crippen molar-refractivity contribution in [1.82, 2.24) is 8.75 Å². The summed E-state index contributed by atoms with van der Waals surface area (Å²) in [6.45, 7) is 9.83. The SMILES string of the molecule is C=C(C)c1nsnc1/C(C)=C\C. The standard InChI is InChI=1S/C9H12N2S/c1-5-7(4)9-8(6(2)3)10-12-11-9/h5H,2H2,1,3-4H3/b7-5-. The van der Waals surface area contributed by atoms with Crippen molar-refractivity contribution in [3.63, 3.8) is 0 Å². The molecule has 0 atom stereocenters. The van der Waals surface area contributed by atoms with Gasteiger partial charge in [-0.3, -0.25) is 0 Å². The van der Waals surface area contributed by atoms with Crippen LogP contribution in [0.1, 0.15) is 32.2 Å². The molecule has 0 aliphatic heterocycles. The van der Waals surface area contributed by atoms with Gasteiger partial charge in [-0.1, -0.05) is 12.7 Å². The third kappa shape index (κ3) is 1.61. The van der Waals surface area contributed by atoms with Gasteiger partial charge in [0.05, 0.1) is 11.7 Å². The van der Waals surface area contributed by atoms with E-state index in [0.29, 0.717) is 0 Å². The lowest BCUT2D eigenvalue weighted by molar-refractivity contribution is 1.35. The molecule has 0 radical (unpaired) electrons. The van der Waals surface area contributed by atoms with E-state index in [0.717, 1.165) is 22.5 Å². The average Bonchev–Trinajstić information content (AvgIpc) is 2.50. The lowest BCUT2D eigenvalue weighted by Crippen LogP contribution is -1.86. The number of hydrogen-bond donors (Lipinski definition) is 0. The molecule has 0 N–H and O–H groups in total. The summed E-state index contributed by atoms with van der Waals surface area (Å²) in [6.07, 6.45) is 2.03. The fourth-order valence-electron chi connectivity index (χ4n) is 0.864. The van der Waals surface area contributed by atoms with Gasteiger partial charge in [-0.05, 0) is 31.9 Å². The van der Waals surface area contributed by atoms with Crippen molar-refractivity contribution in [2.45, 2.75) is 20.8 Å². The molecule has 3 heteroatoms. The minimum absolute atomic E-state index is 0.926. The van der Waals surface area contributed by atoms with E-state index >= 15 is 0 Å². The van der Waals surface area contributed by atoms with Crippen molar-refractivity contribution >= 4 is 22.9 Å². The second-order valence-corrected chi connectivity index (χ2v) is 3.24. The molecule has 0 aliphatic rings. The van der Waals surface area contributed by atoms with Gasteiger partial charge in [0.25, 0.3) is 0 Å². The summed E-state index contributed by atoms with van der Waals surface area (Å²) in [5.74, 6) is 0. The van der Waals surface area contributed by atoms with Crippen molar-refractivity contribution in [2.75, 3.05) is 0 Å². The van der Waals surface area contributed by atoms with E-state index in [4.69, 9.17) is 0 Å². The van der Waals surface area contributed by atoms with Crippen LogP contribution in [0, 0.1) is 0 Å². The zero-order valence-corrected chi connectivity index (χ0v) is 8.40. The molecule has 1 heterocycles. The zero-order chi connectivity index (χ0) is 9.14. The van der Waals surface area contributed by atoms with Gasteiger partial charge in [-0.2, -0.15) is 8.75 Å². The Morgan fingerprint density at radius 3 is 2.42 bits per heavy atom. The van der Waals surface area contributed by atoms with Crippen molar-refractivity contribution in [1.29, 1.82) is 0 Å². The Morgan fingerprint density at radius 2 is 1.92 bits per heavy atom. The second-order valence-electron chi connectivity index (χ2n) is 2.71. The number of nitrogens with zero attached hydrogens (tertiary/aromatic N) is 2. The molecule has 0 saturated heterocycles. The highest BCUT2D eigenvalue weighted by Crippen LogP contribution is 2.21. The van der Waals surface area contributed by atoms with Gasteiger partial charge in [0, 0.05) is 0 Å². The Morgan fingerprint density at radius 1 is 1.33 bits per heavy atom. The highest BCUT2D eigenvalue weighted by Gasteiger charge is 2.08. The molecule has 0 spiro atoms. The third-order valence-corrected chi connectivity index (χ3v) is 2.23. The molecule has 1 rings (SSSR count). The summed E-state index contributed by atoms with van der Waals surface area (Å²) in [5.41, 5.74) is 4.02. The maximum Gasteiger partial charge on any atom is 0.107 e. The molecule has 64 valence electrons. The summed E-state index contributed by atoms with van der Waals surface area (Å²) in [7, 11) is 0. The maximum atomic E-state index is 4.21. The first-order valence-electron chi connectivity index (χ1n) is 3.78. The van der Waals surface area contributed by atoms with E-state index in [2.05, 4.69) is 15.3 Å². The number of hydrogen-bond acceptors (Lipinski definition) is 3. The summed E-state index contributed by atoms with van der Waals surface area (Å²) in [6, 6.07) is 0. The van der Waals surface area contributed by atoms with E-state index in [1.807, 2.05) is 26.8 Å². The van der Waals surface area contributed by atoms with Crippen LogP contribution in [0.5, 0.6) is 0 Å². The summed E-state index contributed by atoms with van der Waals surface area (Å²) < 4.78 is 8.38. The molecule has 0 unspecified atom stereocenters.